The lowest BCUT2D eigenvalue weighted by Crippen LogP contribution is -2.12. The van der Waals surface area contributed by atoms with Gasteiger partial charge in [-0.2, -0.15) is 0 Å². The van der Waals surface area contributed by atoms with Gasteiger partial charge in [0.25, 0.3) is 5.91 Å². The van der Waals surface area contributed by atoms with Crippen LogP contribution < -0.4 is 5.32 Å². The minimum Gasteiger partial charge on any atom is -0.478 e. The predicted octanol–water partition coefficient (Wildman–Crippen LogP) is 3.94. The lowest BCUT2D eigenvalue weighted by molar-refractivity contribution is 0.0696. The average molecular weight is 310 g/mol. The topological polar surface area (TPSA) is 66.4 Å². The molecule has 4 nitrogen and oxygen atoms in total. The molecule has 0 unspecified atom stereocenters. The molecule has 0 atom stereocenters. The molecule has 0 aliphatic heterocycles. The third kappa shape index (κ3) is 3.29. The van der Waals surface area contributed by atoms with Gasteiger partial charge in [0.15, 0.2) is 0 Å². The zero-order valence-corrected chi connectivity index (χ0v) is 11.6. The Morgan fingerprint density at radius 2 is 1.55 bits per heavy atom. The number of benzene rings is 2. The highest BCUT2D eigenvalue weighted by atomic mass is 35.5. The van der Waals surface area contributed by atoms with E-state index in [1.54, 1.807) is 12.1 Å². The number of carboxylic acids is 1. The average Bonchev–Trinajstić information content (AvgIpc) is 2.42. The van der Waals surface area contributed by atoms with E-state index in [2.05, 4.69) is 5.32 Å². The fraction of sp³-hybridized carbons (Fsp3) is 0. The summed E-state index contributed by atoms with van der Waals surface area (Å²) in [5, 5.41) is 12.2. The van der Waals surface area contributed by atoms with Crippen molar-refractivity contribution in [1.29, 1.82) is 0 Å². The standard InChI is InChI=1S/C14H9Cl2NO3/c15-10-5-6-12(11(16)7-10)17-13(18)8-1-3-9(4-2-8)14(19)20/h1-7H,(H,17,18)(H,19,20). The summed E-state index contributed by atoms with van der Waals surface area (Å²) in [5.74, 6) is -1.43. The molecule has 0 heterocycles. The molecule has 2 aromatic rings. The van der Waals surface area contributed by atoms with Crippen molar-refractivity contribution in [3.05, 3.63) is 63.6 Å². The lowest BCUT2D eigenvalue weighted by atomic mass is 10.1. The van der Waals surface area contributed by atoms with E-state index in [9.17, 15) is 9.59 Å². The van der Waals surface area contributed by atoms with Gasteiger partial charge in [0.2, 0.25) is 0 Å². The van der Waals surface area contributed by atoms with E-state index >= 15 is 0 Å². The van der Waals surface area contributed by atoms with Crippen molar-refractivity contribution >= 4 is 40.8 Å². The number of rotatable bonds is 3. The second kappa shape index (κ2) is 5.94. The van der Waals surface area contributed by atoms with Crippen molar-refractivity contribution in [2.45, 2.75) is 0 Å². The second-order valence-electron chi connectivity index (χ2n) is 3.96. The molecular weight excluding hydrogens is 301 g/mol. The number of anilines is 1. The van der Waals surface area contributed by atoms with Gasteiger partial charge in [0, 0.05) is 10.6 Å². The monoisotopic (exact) mass is 309 g/mol. The van der Waals surface area contributed by atoms with Crippen LogP contribution in [0.3, 0.4) is 0 Å². The van der Waals surface area contributed by atoms with Crippen LogP contribution in [0, 0.1) is 0 Å². The number of nitrogens with one attached hydrogen (secondary N) is 1. The smallest absolute Gasteiger partial charge is 0.335 e. The maximum atomic E-state index is 12.0. The minimum absolute atomic E-state index is 0.117. The first-order chi connectivity index (χ1) is 9.47. The molecule has 2 aromatic carbocycles. The molecule has 0 fully saturated rings. The van der Waals surface area contributed by atoms with Crippen LogP contribution in [0.4, 0.5) is 5.69 Å². The first-order valence-corrected chi connectivity index (χ1v) is 6.33. The van der Waals surface area contributed by atoms with Crippen molar-refractivity contribution in [2.75, 3.05) is 5.32 Å². The van der Waals surface area contributed by atoms with E-state index in [1.807, 2.05) is 0 Å². The van der Waals surface area contributed by atoms with Crippen LogP contribution in [0.5, 0.6) is 0 Å². The molecule has 0 aliphatic rings. The van der Waals surface area contributed by atoms with Crippen molar-refractivity contribution in [3.8, 4) is 0 Å². The van der Waals surface area contributed by atoms with Gasteiger partial charge in [-0.15, -0.1) is 0 Å². The van der Waals surface area contributed by atoms with Crippen LogP contribution in [-0.4, -0.2) is 17.0 Å². The highest BCUT2D eigenvalue weighted by molar-refractivity contribution is 6.36. The van der Waals surface area contributed by atoms with Gasteiger partial charge in [0.05, 0.1) is 16.3 Å². The summed E-state index contributed by atoms with van der Waals surface area (Å²) in [6.45, 7) is 0. The van der Waals surface area contributed by atoms with E-state index in [0.717, 1.165) is 0 Å². The molecule has 0 saturated carbocycles. The maximum Gasteiger partial charge on any atom is 0.335 e. The van der Waals surface area contributed by atoms with Gasteiger partial charge in [-0.05, 0) is 42.5 Å². The quantitative estimate of drug-likeness (QED) is 0.902. The van der Waals surface area contributed by atoms with Crippen molar-refractivity contribution < 1.29 is 14.7 Å². The Hall–Kier alpha value is -2.04. The fourth-order valence-corrected chi connectivity index (χ4v) is 2.01. The number of carboxylic acid groups (broad SMARTS) is 1. The number of carbonyl (C=O) groups is 2. The summed E-state index contributed by atoms with van der Waals surface area (Å²) < 4.78 is 0. The number of carbonyl (C=O) groups excluding carboxylic acids is 1. The molecule has 0 saturated heterocycles. The van der Waals surface area contributed by atoms with E-state index in [4.69, 9.17) is 28.3 Å². The molecule has 2 rings (SSSR count). The SMILES string of the molecule is O=C(O)c1ccc(C(=O)Nc2ccc(Cl)cc2Cl)cc1. The van der Waals surface area contributed by atoms with Crippen LogP contribution in [0.2, 0.25) is 10.0 Å². The van der Waals surface area contributed by atoms with Gasteiger partial charge in [0.1, 0.15) is 0 Å². The molecule has 1 amide bonds. The molecule has 20 heavy (non-hydrogen) atoms. The summed E-state index contributed by atoms with van der Waals surface area (Å²) in [5.41, 5.74) is 0.885. The first-order valence-electron chi connectivity index (χ1n) is 5.57. The third-order valence-corrected chi connectivity index (χ3v) is 3.12. The summed E-state index contributed by atoms with van der Waals surface area (Å²) in [4.78, 5) is 22.7. The summed E-state index contributed by atoms with van der Waals surface area (Å²) in [6, 6.07) is 10.3. The maximum absolute atomic E-state index is 12.0. The molecule has 0 aromatic heterocycles. The Labute approximate surface area is 124 Å². The van der Waals surface area contributed by atoms with E-state index < -0.39 is 5.97 Å². The molecule has 2 N–H and O–H groups in total. The summed E-state index contributed by atoms with van der Waals surface area (Å²) >= 11 is 11.7. The molecular formula is C14H9Cl2NO3. The van der Waals surface area contributed by atoms with E-state index in [1.165, 1.54) is 30.3 Å². The van der Waals surface area contributed by atoms with Gasteiger partial charge in [-0.1, -0.05) is 23.2 Å². The number of hydrogen-bond acceptors (Lipinski definition) is 2. The first kappa shape index (κ1) is 14.4. The van der Waals surface area contributed by atoms with Gasteiger partial charge in [-0.25, -0.2) is 4.79 Å². The Kier molecular flexibility index (Phi) is 4.27. The third-order valence-electron chi connectivity index (χ3n) is 2.57. The van der Waals surface area contributed by atoms with Gasteiger partial charge >= 0.3 is 5.97 Å². The van der Waals surface area contributed by atoms with Crippen LogP contribution in [0.1, 0.15) is 20.7 Å². The van der Waals surface area contributed by atoms with Crippen LogP contribution in [0.15, 0.2) is 42.5 Å². The highest BCUT2D eigenvalue weighted by Gasteiger charge is 2.10. The minimum atomic E-state index is -1.04. The molecule has 0 aliphatic carbocycles. The van der Waals surface area contributed by atoms with Gasteiger partial charge < -0.3 is 10.4 Å². The fourth-order valence-electron chi connectivity index (χ4n) is 1.55. The number of amides is 1. The molecule has 6 heteroatoms. The second-order valence-corrected chi connectivity index (χ2v) is 4.80. The zero-order valence-electron chi connectivity index (χ0n) is 10.1. The van der Waals surface area contributed by atoms with Crippen molar-refractivity contribution in [2.24, 2.45) is 0 Å². The summed E-state index contributed by atoms with van der Waals surface area (Å²) in [7, 11) is 0. The molecule has 0 spiro atoms. The van der Waals surface area contributed by atoms with Crippen LogP contribution >= 0.6 is 23.2 Å². The van der Waals surface area contributed by atoms with E-state index in [0.29, 0.717) is 21.3 Å². The number of halogens is 2. The summed E-state index contributed by atoms with van der Waals surface area (Å²) in [6.07, 6.45) is 0. The Bertz CT molecular complexity index is 669. The van der Waals surface area contributed by atoms with Crippen molar-refractivity contribution in [1.82, 2.24) is 0 Å². The van der Waals surface area contributed by atoms with Gasteiger partial charge in [-0.3, -0.25) is 4.79 Å². The van der Waals surface area contributed by atoms with Crippen LogP contribution in [-0.2, 0) is 0 Å². The molecule has 102 valence electrons. The Balaban J connectivity index is 2.17. The normalized spacial score (nSPS) is 10.1. The molecule has 0 radical (unpaired) electrons. The highest BCUT2D eigenvalue weighted by Crippen LogP contribution is 2.25. The number of aromatic carboxylic acids is 1. The molecule has 0 bridgehead atoms. The van der Waals surface area contributed by atoms with E-state index in [-0.39, 0.29) is 11.5 Å². The predicted molar refractivity (Wildman–Crippen MR) is 77.8 cm³/mol. The Morgan fingerprint density at radius 3 is 2.10 bits per heavy atom. The lowest BCUT2D eigenvalue weighted by Gasteiger charge is -2.07. The van der Waals surface area contributed by atoms with Crippen LogP contribution in [0.25, 0.3) is 0 Å². The number of hydrogen-bond donors (Lipinski definition) is 2. The largest absolute Gasteiger partial charge is 0.478 e. The zero-order chi connectivity index (χ0) is 14.7. The Morgan fingerprint density at radius 1 is 0.950 bits per heavy atom. The van der Waals surface area contributed by atoms with Crippen molar-refractivity contribution in [3.63, 3.8) is 0 Å².